The standard InChI is InChI=1S/C23H22N2O3/c26-20-8-5-7-18-11-13-19(24-23(18)20)12-10-17-6-1-2-9-21(17)28-16-22(27)25-14-3-4-15-25/h1-2,5-13,26H,3-4,14-16H2. The topological polar surface area (TPSA) is 62.7 Å². The Morgan fingerprint density at radius 2 is 1.86 bits per heavy atom. The molecule has 1 N–H and O–H groups in total. The fourth-order valence-electron chi connectivity index (χ4n) is 3.36. The number of carbonyl (C=O) groups excluding carboxylic acids is 1. The molecular formula is C23H22N2O3. The van der Waals surface area contributed by atoms with Crippen LogP contribution >= 0.6 is 0 Å². The number of pyridine rings is 1. The number of phenols is 1. The van der Waals surface area contributed by atoms with Crippen molar-refractivity contribution >= 4 is 29.0 Å². The number of likely N-dealkylation sites (tertiary alicyclic amines) is 1. The number of nitrogens with zero attached hydrogens (tertiary/aromatic N) is 2. The molecule has 0 saturated carbocycles. The highest BCUT2D eigenvalue weighted by Gasteiger charge is 2.18. The van der Waals surface area contributed by atoms with Crippen LogP contribution in [0.1, 0.15) is 24.1 Å². The van der Waals surface area contributed by atoms with E-state index in [1.54, 1.807) is 12.1 Å². The number of phenolic OH excluding ortho intramolecular Hbond substituents is 1. The van der Waals surface area contributed by atoms with E-state index in [0.29, 0.717) is 11.3 Å². The summed E-state index contributed by atoms with van der Waals surface area (Å²) < 4.78 is 5.79. The van der Waals surface area contributed by atoms with Gasteiger partial charge in [-0.05, 0) is 43.2 Å². The molecule has 0 atom stereocenters. The molecule has 0 bridgehead atoms. The monoisotopic (exact) mass is 374 g/mol. The van der Waals surface area contributed by atoms with Crippen LogP contribution in [0.4, 0.5) is 0 Å². The first-order valence-corrected chi connectivity index (χ1v) is 9.47. The second-order valence-electron chi connectivity index (χ2n) is 6.83. The van der Waals surface area contributed by atoms with E-state index >= 15 is 0 Å². The summed E-state index contributed by atoms with van der Waals surface area (Å²) >= 11 is 0. The first kappa shape index (κ1) is 18.0. The summed E-state index contributed by atoms with van der Waals surface area (Å²) in [5.41, 5.74) is 2.18. The second kappa shape index (κ2) is 8.13. The van der Waals surface area contributed by atoms with Gasteiger partial charge >= 0.3 is 0 Å². The van der Waals surface area contributed by atoms with E-state index < -0.39 is 0 Å². The number of carbonyl (C=O) groups is 1. The maximum atomic E-state index is 12.2. The van der Waals surface area contributed by atoms with E-state index in [1.807, 2.05) is 59.5 Å². The van der Waals surface area contributed by atoms with Gasteiger partial charge in [-0.2, -0.15) is 0 Å². The van der Waals surface area contributed by atoms with Gasteiger partial charge in [-0.1, -0.05) is 36.4 Å². The van der Waals surface area contributed by atoms with Gasteiger partial charge in [0.2, 0.25) is 0 Å². The summed E-state index contributed by atoms with van der Waals surface area (Å²) in [6.07, 6.45) is 5.92. The van der Waals surface area contributed by atoms with Crippen molar-refractivity contribution in [2.24, 2.45) is 0 Å². The number of para-hydroxylation sites is 2. The molecule has 4 rings (SSSR count). The van der Waals surface area contributed by atoms with Crippen molar-refractivity contribution in [1.82, 2.24) is 9.88 Å². The van der Waals surface area contributed by atoms with Crippen molar-refractivity contribution in [1.29, 1.82) is 0 Å². The van der Waals surface area contributed by atoms with Gasteiger partial charge in [-0.3, -0.25) is 4.79 Å². The number of aromatic hydroxyl groups is 1. The third-order valence-corrected chi connectivity index (χ3v) is 4.88. The zero-order chi connectivity index (χ0) is 19.3. The van der Waals surface area contributed by atoms with Crippen molar-refractivity contribution in [3.63, 3.8) is 0 Å². The molecule has 1 aliphatic rings. The highest BCUT2D eigenvalue weighted by Crippen LogP contribution is 2.24. The highest BCUT2D eigenvalue weighted by atomic mass is 16.5. The van der Waals surface area contributed by atoms with Crippen LogP contribution in [0.3, 0.4) is 0 Å². The Hall–Kier alpha value is -3.34. The van der Waals surface area contributed by atoms with Gasteiger partial charge < -0.3 is 14.7 Å². The predicted octanol–water partition coefficient (Wildman–Crippen LogP) is 4.11. The first-order valence-electron chi connectivity index (χ1n) is 9.47. The van der Waals surface area contributed by atoms with Crippen molar-refractivity contribution in [2.45, 2.75) is 12.8 Å². The summed E-state index contributed by atoms with van der Waals surface area (Å²) in [5, 5.41) is 10.9. The number of ether oxygens (including phenoxy) is 1. The average molecular weight is 374 g/mol. The summed E-state index contributed by atoms with van der Waals surface area (Å²) in [5.74, 6) is 0.856. The van der Waals surface area contributed by atoms with Crippen LogP contribution in [-0.4, -0.2) is 40.6 Å². The molecule has 1 amide bonds. The number of benzene rings is 2. The van der Waals surface area contributed by atoms with Crippen molar-refractivity contribution in [3.05, 3.63) is 65.9 Å². The molecule has 142 valence electrons. The molecule has 1 aliphatic heterocycles. The molecule has 1 saturated heterocycles. The average Bonchev–Trinajstić information content (AvgIpc) is 3.26. The maximum absolute atomic E-state index is 12.2. The number of aromatic nitrogens is 1. The lowest BCUT2D eigenvalue weighted by atomic mass is 10.1. The van der Waals surface area contributed by atoms with Gasteiger partial charge in [0, 0.05) is 24.0 Å². The zero-order valence-electron chi connectivity index (χ0n) is 15.5. The van der Waals surface area contributed by atoms with E-state index in [2.05, 4.69) is 4.98 Å². The Balaban J connectivity index is 1.50. The lowest BCUT2D eigenvalue weighted by Crippen LogP contribution is -2.32. The minimum absolute atomic E-state index is 0.0305. The molecule has 1 aromatic heterocycles. The third kappa shape index (κ3) is 3.98. The minimum Gasteiger partial charge on any atom is -0.506 e. The zero-order valence-corrected chi connectivity index (χ0v) is 15.5. The molecule has 2 aromatic carbocycles. The SMILES string of the molecule is O=C(COc1ccccc1C=Cc1ccc2cccc(O)c2n1)N1CCCC1. The van der Waals surface area contributed by atoms with Crippen LogP contribution in [0.2, 0.25) is 0 Å². The quantitative estimate of drug-likeness (QED) is 0.730. The number of amides is 1. The third-order valence-electron chi connectivity index (χ3n) is 4.88. The van der Waals surface area contributed by atoms with Crippen LogP contribution in [0.15, 0.2) is 54.6 Å². The van der Waals surface area contributed by atoms with E-state index in [1.165, 1.54) is 0 Å². The summed E-state index contributed by atoms with van der Waals surface area (Å²) in [6, 6.07) is 16.8. The number of hydrogen-bond acceptors (Lipinski definition) is 4. The molecule has 28 heavy (non-hydrogen) atoms. The van der Waals surface area contributed by atoms with E-state index in [9.17, 15) is 9.90 Å². The van der Waals surface area contributed by atoms with Crippen LogP contribution in [0.25, 0.3) is 23.1 Å². The molecule has 5 heteroatoms. The van der Waals surface area contributed by atoms with Crippen molar-refractivity contribution < 1.29 is 14.6 Å². The van der Waals surface area contributed by atoms with Crippen LogP contribution in [0, 0.1) is 0 Å². The molecule has 1 fully saturated rings. The Kier molecular flexibility index (Phi) is 5.24. The van der Waals surface area contributed by atoms with Gasteiger partial charge in [0.05, 0.1) is 5.69 Å². The van der Waals surface area contributed by atoms with Crippen LogP contribution in [-0.2, 0) is 4.79 Å². The van der Waals surface area contributed by atoms with Crippen molar-refractivity contribution in [3.8, 4) is 11.5 Å². The summed E-state index contributed by atoms with van der Waals surface area (Å²) in [4.78, 5) is 18.6. The molecule has 0 spiro atoms. The van der Waals surface area contributed by atoms with E-state index in [4.69, 9.17) is 4.74 Å². The second-order valence-corrected chi connectivity index (χ2v) is 6.83. The number of hydrogen-bond donors (Lipinski definition) is 1. The Bertz CT molecular complexity index is 1020. The van der Waals surface area contributed by atoms with E-state index in [-0.39, 0.29) is 18.3 Å². The predicted molar refractivity (Wildman–Crippen MR) is 110 cm³/mol. The molecule has 0 aliphatic carbocycles. The molecular weight excluding hydrogens is 352 g/mol. The number of fused-ring (bicyclic) bond motifs is 1. The number of rotatable bonds is 5. The highest BCUT2D eigenvalue weighted by molar-refractivity contribution is 5.86. The molecule has 0 unspecified atom stereocenters. The Morgan fingerprint density at radius 3 is 2.71 bits per heavy atom. The van der Waals surface area contributed by atoms with Gasteiger partial charge in [0.1, 0.15) is 17.0 Å². The molecule has 0 radical (unpaired) electrons. The minimum atomic E-state index is 0.0305. The fourth-order valence-corrected chi connectivity index (χ4v) is 3.36. The molecule has 2 heterocycles. The lowest BCUT2D eigenvalue weighted by molar-refractivity contribution is -0.132. The largest absolute Gasteiger partial charge is 0.506 e. The van der Waals surface area contributed by atoms with Crippen molar-refractivity contribution in [2.75, 3.05) is 19.7 Å². The van der Waals surface area contributed by atoms with Gasteiger partial charge in [-0.15, -0.1) is 0 Å². The molecule has 3 aromatic rings. The van der Waals surface area contributed by atoms with Crippen LogP contribution < -0.4 is 4.74 Å². The normalized spacial score (nSPS) is 14.1. The Labute approximate surface area is 163 Å². The van der Waals surface area contributed by atoms with Gasteiger partial charge in [-0.25, -0.2) is 4.98 Å². The van der Waals surface area contributed by atoms with Crippen LogP contribution in [0.5, 0.6) is 11.5 Å². The van der Waals surface area contributed by atoms with Gasteiger partial charge in [0.25, 0.3) is 5.91 Å². The summed E-state index contributed by atoms with van der Waals surface area (Å²) in [7, 11) is 0. The first-order chi connectivity index (χ1) is 13.7. The lowest BCUT2D eigenvalue weighted by Gasteiger charge is -2.16. The fraction of sp³-hybridized carbons (Fsp3) is 0.217. The maximum Gasteiger partial charge on any atom is 0.260 e. The smallest absolute Gasteiger partial charge is 0.260 e. The van der Waals surface area contributed by atoms with E-state index in [0.717, 1.165) is 42.6 Å². The molecule has 5 nitrogen and oxygen atoms in total. The Morgan fingerprint density at radius 1 is 1.04 bits per heavy atom. The van der Waals surface area contributed by atoms with Gasteiger partial charge in [0.15, 0.2) is 6.61 Å². The summed E-state index contributed by atoms with van der Waals surface area (Å²) in [6.45, 7) is 1.70.